The van der Waals surface area contributed by atoms with Gasteiger partial charge in [-0.2, -0.15) is 0 Å². The molecule has 1 aliphatic rings. The van der Waals surface area contributed by atoms with E-state index in [2.05, 4.69) is 5.32 Å². The number of esters is 1. The van der Waals surface area contributed by atoms with Gasteiger partial charge in [-0.3, -0.25) is 29.4 Å². The highest BCUT2D eigenvalue weighted by atomic mass is 16.6. The van der Waals surface area contributed by atoms with Crippen LogP contribution in [0, 0.1) is 10.1 Å². The largest absolute Gasteiger partial charge is 0.494 e. The van der Waals surface area contributed by atoms with E-state index < -0.39 is 41.3 Å². The minimum Gasteiger partial charge on any atom is -0.494 e. The van der Waals surface area contributed by atoms with Gasteiger partial charge in [0.1, 0.15) is 11.8 Å². The van der Waals surface area contributed by atoms with E-state index in [0.717, 1.165) is 11.0 Å². The quantitative estimate of drug-likeness (QED) is 0.305. The molecule has 3 amide bonds. The molecule has 2 aromatic rings. The maximum atomic E-state index is 12.4. The van der Waals surface area contributed by atoms with E-state index in [9.17, 15) is 29.3 Å². The predicted octanol–water partition coefficient (Wildman–Crippen LogP) is 1.77. The number of methoxy groups -OCH3 is 1. The smallest absolute Gasteiger partial charge is 0.329 e. The fourth-order valence-corrected chi connectivity index (χ4v) is 3.01. The molecule has 0 saturated carbocycles. The number of ether oxygens (including phenoxy) is 2. The summed E-state index contributed by atoms with van der Waals surface area (Å²) in [6, 6.07) is 8.52. The van der Waals surface area contributed by atoms with Crippen molar-refractivity contribution < 1.29 is 33.6 Å². The Bertz CT molecular complexity index is 1060. The molecule has 0 saturated heterocycles. The minimum absolute atomic E-state index is 0.0493. The first-order chi connectivity index (χ1) is 14.7. The van der Waals surface area contributed by atoms with Crippen LogP contribution in [-0.4, -0.2) is 53.3 Å². The molecular weight excluding hydrogens is 410 g/mol. The zero-order valence-corrected chi connectivity index (χ0v) is 16.5. The van der Waals surface area contributed by atoms with Gasteiger partial charge in [0.2, 0.25) is 0 Å². The van der Waals surface area contributed by atoms with Crippen molar-refractivity contribution in [3.8, 4) is 5.75 Å². The van der Waals surface area contributed by atoms with E-state index in [4.69, 9.17) is 9.47 Å². The van der Waals surface area contributed by atoms with Crippen LogP contribution >= 0.6 is 0 Å². The summed E-state index contributed by atoms with van der Waals surface area (Å²) < 4.78 is 9.95. The lowest BCUT2D eigenvalue weighted by Crippen LogP contribution is -2.44. The topological polar surface area (TPSA) is 145 Å². The van der Waals surface area contributed by atoms with E-state index in [-0.39, 0.29) is 28.3 Å². The highest BCUT2D eigenvalue weighted by molar-refractivity contribution is 6.22. The minimum atomic E-state index is -1.24. The standard InChI is InChI=1S/C20H17N3O8/c1-11(22-18(25)13-5-3-4-6-14(13)19(22)26)20(27)31-10-17(24)21-15-8-7-12(23(28)29)9-16(15)30-2/h3-9,11H,10H2,1-2H3,(H,21,24)/t11-/m0/s1. The molecule has 1 atom stereocenters. The SMILES string of the molecule is COc1cc([N+](=O)[O-])ccc1NC(=O)COC(=O)[C@H](C)N1C(=O)c2ccccc2C1=O. The second kappa shape index (κ2) is 8.61. The molecule has 0 aromatic heterocycles. The summed E-state index contributed by atoms with van der Waals surface area (Å²) in [5, 5.41) is 13.2. The summed E-state index contributed by atoms with van der Waals surface area (Å²) in [6.45, 7) is 0.619. The van der Waals surface area contributed by atoms with E-state index >= 15 is 0 Å². The Morgan fingerprint density at radius 1 is 1.13 bits per heavy atom. The number of anilines is 1. The second-order valence-electron chi connectivity index (χ2n) is 6.50. The molecule has 2 aromatic carbocycles. The zero-order chi connectivity index (χ0) is 22.7. The fourth-order valence-electron chi connectivity index (χ4n) is 3.01. The number of nitrogens with zero attached hydrogens (tertiary/aromatic N) is 2. The lowest BCUT2D eigenvalue weighted by atomic mass is 10.1. The summed E-state index contributed by atoms with van der Waals surface area (Å²) >= 11 is 0. The van der Waals surface area contributed by atoms with Crippen LogP contribution in [0.2, 0.25) is 0 Å². The molecule has 31 heavy (non-hydrogen) atoms. The van der Waals surface area contributed by atoms with E-state index in [1.54, 1.807) is 12.1 Å². The third-order valence-corrected chi connectivity index (χ3v) is 4.57. The third kappa shape index (κ3) is 4.20. The highest BCUT2D eigenvalue weighted by Gasteiger charge is 2.41. The molecule has 1 heterocycles. The summed E-state index contributed by atoms with van der Waals surface area (Å²) in [5.74, 6) is -2.88. The Kier molecular flexibility index (Phi) is 5.95. The molecule has 0 spiro atoms. The number of hydrogen-bond donors (Lipinski definition) is 1. The van der Waals surface area contributed by atoms with Crippen LogP contribution < -0.4 is 10.1 Å². The van der Waals surface area contributed by atoms with Gasteiger partial charge in [-0.1, -0.05) is 12.1 Å². The van der Waals surface area contributed by atoms with Crippen LogP contribution in [-0.2, 0) is 14.3 Å². The first-order valence-electron chi connectivity index (χ1n) is 9.00. The molecule has 0 radical (unpaired) electrons. The van der Waals surface area contributed by atoms with E-state index in [1.807, 2.05) is 0 Å². The highest BCUT2D eigenvalue weighted by Crippen LogP contribution is 2.29. The normalized spacial score (nSPS) is 13.4. The Hall–Kier alpha value is -4.28. The Morgan fingerprint density at radius 3 is 2.29 bits per heavy atom. The summed E-state index contributed by atoms with van der Waals surface area (Å²) in [6.07, 6.45) is 0. The van der Waals surface area contributed by atoms with Crippen LogP contribution in [0.25, 0.3) is 0 Å². The van der Waals surface area contributed by atoms with Gasteiger partial charge < -0.3 is 14.8 Å². The van der Waals surface area contributed by atoms with Crippen molar-refractivity contribution in [2.75, 3.05) is 19.0 Å². The number of non-ortho nitro benzene ring substituents is 1. The summed E-state index contributed by atoms with van der Waals surface area (Å²) in [4.78, 5) is 60.3. The number of rotatable bonds is 7. The molecule has 0 unspecified atom stereocenters. The molecule has 0 bridgehead atoms. The molecule has 0 aliphatic carbocycles. The molecule has 1 N–H and O–H groups in total. The van der Waals surface area contributed by atoms with Crippen molar-refractivity contribution >= 4 is 35.1 Å². The van der Waals surface area contributed by atoms with Gasteiger partial charge in [0.15, 0.2) is 6.61 Å². The first kappa shape index (κ1) is 21.4. The van der Waals surface area contributed by atoms with Gasteiger partial charge in [0.05, 0.1) is 34.9 Å². The number of benzene rings is 2. The number of fused-ring (bicyclic) bond motifs is 1. The fraction of sp³-hybridized carbons (Fsp3) is 0.200. The van der Waals surface area contributed by atoms with E-state index in [0.29, 0.717) is 0 Å². The molecule has 11 nitrogen and oxygen atoms in total. The number of nitro benzene ring substituents is 1. The van der Waals surface area contributed by atoms with Crippen molar-refractivity contribution in [1.29, 1.82) is 0 Å². The van der Waals surface area contributed by atoms with Crippen molar-refractivity contribution in [2.45, 2.75) is 13.0 Å². The van der Waals surface area contributed by atoms with Gasteiger partial charge in [-0.15, -0.1) is 0 Å². The summed E-state index contributed by atoms with van der Waals surface area (Å²) in [7, 11) is 1.28. The Morgan fingerprint density at radius 2 is 1.74 bits per heavy atom. The van der Waals surface area contributed by atoms with Crippen molar-refractivity contribution in [2.24, 2.45) is 0 Å². The van der Waals surface area contributed by atoms with Crippen LogP contribution in [0.5, 0.6) is 5.75 Å². The predicted molar refractivity (Wildman–Crippen MR) is 106 cm³/mol. The van der Waals surface area contributed by atoms with Gasteiger partial charge in [-0.25, -0.2) is 4.79 Å². The molecule has 1 aliphatic heterocycles. The van der Waals surface area contributed by atoms with Gasteiger partial charge in [0, 0.05) is 6.07 Å². The number of amides is 3. The molecule has 160 valence electrons. The lowest BCUT2D eigenvalue weighted by molar-refractivity contribution is -0.384. The molecule has 3 rings (SSSR count). The van der Waals surface area contributed by atoms with Crippen LogP contribution in [0.1, 0.15) is 27.6 Å². The van der Waals surface area contributed by atoms with Crippen molar-refractivity contribution in [1.82, 2.24) is 4.90 Å². The average Bonchev–Trinajstić information content (AvgIpc) is 3.02. The second-order valence-corrected chi connectivity index (χ2v) is 6.50. The first-order valence-corrected chi connectivity index (χ1v) is 9.00. The number of nitrogens with one attached hydrogen (secondary N) is 1. The average molecular weight is 427 g/mol. The maximum absolute atomic E-state index is 12.4. The third-order valence-electron chi connectivity index (χ3n) is 4.57. The van der Waals surface area contributed by atoms with Crippen molar-refractivity contribution in [3.63, 3.8) is 0 Å². The van der Waals surface area contributed by atoms with Crippen LogP contribution in [0.4, 0.5) is 11.4 Å². The number of hydrogen-bond acceptors (Lipinski definition) is 8. The zero-order valence-electron chi connectivity index (χ0n) is 16.5. The number of imide groups is 1. The monoisotopic (exact) mass is 427 g/mol. The van der Waals surface area contributed by atoms with Crippen molar-refractivity contribution in [3.05, 3.63) is 63.7 Å². The molecule has 11 heteroatoms. The lowest BCUT2D eigenvalue weighted by Gasteiger charge is -2.20. The number of nitro groups is 1. The van der Waals surface area contributed by atoms with Gasteiger partial charge in [-0.05, 0) is 25.1 Å². The van der Waals surface area contributed by atoms with Crippen LogP contribution in [0.15, 0.2) is 42.5 Å². The number of carbonyl (C=O) groups excluding carboxylic acids is 4. The van der Waals surface area contributed by atoms with Crippen LogP contribution in [0.3, 0.4) is 0 Å². The number of carbonyl (C=O) groups is 4. The molecular formula is C20H17N3O8. The van der Waals surface area contributed by atoms with Gasteiger partial charge in [0.25, 0.3) is 23.4 Å². The van der Waals surface area contributed by atoms with E-state index in [1.165, 1.54) is 38.3 Å². The van der Waals surface area contributed by atoms with Gasteiger partial charge >= 0.3 is 5.97 Å². The Balaban J connectivity index is 1.61. The maximum Gasteiger partial charge on any atom is 0.329 e. The summed E-state index contributed by atoms with van der Waals surface area (Å²) in [5.41, 5.74) is 0.295. The Labute approximate surface area is 175 Å². The molecule has 0 fully saturated rings.